The van der Waals surface area contributed by atoms with E-state index in [9.17, 15) is 9.18 Å². The van der Waals surface area contributed by atoms with E-state index < -0.39 is 5.41 Å². The number of hydrogen-bond donors (Lipinski definition) is 1. The Morgan fingerprint density at radius 1 is 1.09 bits per heavy atom. The molecule has 4 nitrogen and oxygen atoms in total. The summed E-state index contributed by atoms with van der Waals surface area (Å²) < 4.78 is 15.2. The predicted octanol–water partition coefficient (Wildman–Crippen LogP) is 6.19. The molecule has 3 aromatic carbocycles. The molecule has 34 heavy (non-hydrogen) atoms. The van der Waals surface area contributed by atoms with E-state index in [1.54, 1.807) is 12.1 Å². The molecule has 4 aromatic rings. The normalized spacial score (nSPS) is 15.1. The second kappa shape index (κ2) is 9.05. The molecule has 0 saturated heterocycles. The summed E-state index contributed by atoms with van der Waals surface area (Å²) in [6, 6.07) is 23.3. The lowest BCUT2D eigenvalue weighted by atomic mass is 9.70. The van der Waals surface area contributed by atoms with Crippen molar-refractivity contribution < 1.29 is 9.18 Å². The van der Waals surface area contributed by atoms with Crippen LogP contribution in [-0.2, 0) is 11.2 Å². The molecule has 1 amide bonds. The summed E-state index contributed by atoms with van der Waals surface area (Å²) in [7, 11) is 0. The Kier molecular flexibility index (Phi) is 5.94. The molecule has 1 unspecified atom stereocenters. The molecule has 5 heteroatoms. The summed E-state index contributed by atoms with van der Waals surface area (Å²) in [6.45, 7) is 4.11. The van der Waals surface area contributed by atoms with Crippen molar-refractivity contribution in [3.63, 3.8) is 0 Å². The Morgan fingerprint density at radius 3 is 2.50 bits per heavy atom. The van der Waals surface area contributed by atoms with Crippen LogP contribution in [0.3, 0.4) is 0 Å². The Labute approximate surface area is 199 Å². The molecule has 1 atom stereocenters. The third kappa shape index (κ3) is 4.35. The molecule has 1 heterocycles. The molecule has 5 rings (SSSR count). The minimum atomic E-state index is -0.591. The Morgan fingerprint density at radius 2 is 1.82 bits per heavy atom. The fourth-order valence-electron chi connectivity index (χ4n) is 4.78. The number of nitrogens with one attached hydrogen (secondary N) is 1. The van der Waals surface area contributed by atoms with Crippen LogP contribution in [0.2, 0.25) is 0 Å². The molecule has 1 aromatic heterocycles. The smallest absolute Gasteiger partial charge is 0.226 e. The standard InChI is InChI=1S/C29H30FN3O/c1-29(2,28(34)32-24-9-6-10-24)26(17-20-7-4-3-5-8-20)21-11-16-27-22(18-21)19-31-33(27)25-14-12-23(30)13-15-25/h3-5,7-8,11-16,18-19,24,26H,6,9-10,17H2,1-2H3,(H,32,34). The lowest BCUT2D eigenvalue weighted by Gasteiger charge is -2.37. The summed E-state index contributed by atoms with van der Waals surface area (Å²) in [5.74, 6) is -0.164. The van der Waals surface area contributed by atoms with Crippen molar-refractivity contribution in [2.24, 2.45) is 5.41 Å². The van der Waals surface area contributed by atoms with Gasteiger partial charge >= 0.3 is 0 Å². The van der Waals surface area contributed by atoms with Gasteiger partial charge in [0.1, 0.15) is 5.82 Å². The summed E-state index contributed by atoms with van der Waals surface area (Å²) in [5.41, 5.74) is 3.49. The fourth-order valence-corrected chi connectivity index (χ4v) is 4.78. The van der Waals surface area contributed by atoms with Crippen LogP contribution in [0, 0.1) is 11.2 Å². The highest BCUT2D eigenvalue weighted by Crippen LogP contribution is 2.40. The topological polar surface area (TPSA) is 46.9 Å². The van der Waals surface area contributed by atoms with Crippen molar-refractivity contribution in [2.75, 3.05) is 0 Å². The first-order valence-corrected chi connectivity index (χ1v) is 12.0. The van der Waals surface area contributed by atoms with Gasteiger partial charge in [-0.05, 0) is 73.2 Å². The van der Waals surface area contributed by atoms with E-state index >= 15 is 0 Å². The number of aromatic nitrogens is 2. The molecule has 1 aliphatic rings. The van der Waals surface area contributed by atoms with Crippen molar-refractivity contribution in [1.29, 1.82) is 0 Å². The van der Waals surface area contributed by atoms with Crippen LogP contribution >= 0.6 is 0 Å². The average molecular weight is 456 g/mol. The maximum Gasteiger partial charge on any atom is 0.226 e. The highest BCUT2D eigenvalue weighted by Gasteiger charge is 2.39. The first-order valence-electron chi connectivity index (χ1n) is 12.0. The van der Waals surface area contributed by atoms with Crippen LogP contribution in [0.15, 0.2) is 79.0 Å². The fraction of sp³-hybridized carbons (Fsp3) is 0.310. The molecular formula is C29H30FN3O. The van der Waals surface area contributed by atoms with Gasteiger partial charge < -0.3 is 5.32 Å². The van der Waals surface area contributed by atoms with Gasteiger partial charge in [-0.1, -0.05) is 50.2 Å². The van der Waals surface area contributed by atoms with Gasteiger partial charge in [-0.3, -0.25) is 4.79 Å². The molecule has 174 valence electrons. The Balaban J connectivity index is 1.51. The highest BCUT2D eigenvalue weighted by atomic mass is 19.1. The van der Waals surface area contributed by atoms with Gasteiger partial charge in [0.05, 0.1) is 22.8 Å². The lowest BCUT2D eigenvalue weighted by molar-refractivity contribution is -0.131. The Hall–Kier alpha value is -3.47. The zero-order chi connectivity index (χ0) is 23.7. The van der Waals surface area contributed by atoms with E-state index in [0.717, 1.165) is 41.4 Å². The zero-order valence-electron chi connectivity index (χ0n) is 19.7. The minimum Gasteiger partial charge on any atom is -0.353 e. The van der Waals surface area contributed by atoms with Gasteiger partial charge in [0.25, 0.3) is 0 Å². The van der Waals surface area contributed by atoms with E-state index in [1.165, 1.54) is 24.1 Å². The van der Waals surface area contributed by atoms with Crippen molar-refractivity contribution in [3.05, 3.63) is 95.9 Å². The van der Waals surface area contributed by atoms with Crippen LogP contribution in [-0.4, -0.2) is 21.7 Å². The average Bonchev–Trinajstić information content (AvgIpc) is 3.24. The predicted molar refractivity (Wildman–Crippen MR) is 133 cm³/mol. The summed E-state index contributed by atoms with van der Waals surface area (Å²) >= 11 is 0. The third-order valence-electron chi connectivity index (χ3n) is 7.25. The van der Waals surface area contributed by atoms with E-state index in [0.29, 0.717) is 6.04 Å². The molecule has 0 spiro atoms. The number of fused-ring (bicyclic) bond motifs is 1. The number of carbonyl (C=O) groups is 1. The molecule has 1 N–H and O–H groups in total. The number of halogens is 1. The number of amides is 1. The van der Waals surface area contributed by atoms with Gasteiger partial charge in [-0.15, -0.1) is 0 Å². The summed E-state index contributed by atoms with van der Waals surface area (Å²) in [5, 5.41) is 8.82. The molecule has 0 aliphatic heterocycles. The van der Waals surface area contributed by atoms with Crippen LogP contribution in [0.4, 0.5) is 4.39 Å². The number of nitrogens with zero attached hydrogens (tertiary/aromatic N) is 2. The van der Waals surface area contributed by atoms with Gasteiger partial charge in [-0.2, -0.15) is 5.10 Å². The van der Waals surface area contributed by atoms with Gasteiger partial charge in [0.15, 0.2) is 0 Å². The third-order valence-corrected chi connectivity index (χ3v) is 7.25. The number of hydrogen-bond acceptors (Lipinski definition) is 2. The lowest BCUT2D eigenvalue weighted by Crippen LogP contribution is -2.48. The molecule has 1 saturated carbocycles. The second-order valence-electron chi connectivity index (χ2n) is 9.92. The summed E-state index contributed by atoms with van der Waals surface area (Å²) in [6.07, 6.45) is 5.93. The molecule has 0 bridgehead atoms. The number of benzene rings is 3. The van der Waals surface area contributed by atoms with E-state index in [4.69, 9.17) is 0 Å². The SMILES string of the molecule is CC(C)(C(=O)NC1CCC1)C(Cc1ccccc1)c1ccc2c(cnn2-c2ccc(F)cc2)c1. The van der Waals surface area contributed by atoms with Crippen LogP contribution in [0.25, 0.3) is 16.6 Å². The number of rotatable bonds is 7. The molecule has 0 radical (unpaired) electrons. The van der Waals surface area contributed by atoms with E-state index in [1.807, 2.05) is 29.1 Å². The quantitative estimate of drug-likeness (QED) is 0.361. The van der Waals surface area contributed by atoms with E-state index in [-0.39, 0.29) is 17.6 Å². The first kappa shape index (κ1) is 22.3. The first-order chi connectivity index (χ1) is 16.4. The highest BCUT2D eigenvalue weighted by molar-refractivity contribution is 5.85. The minimum absolute atomic E-state index is 0.00597. The van der Waals surface area contributed by atoms with Crippen molar-refractivity contribution >= 4 is 16.8 Å². The maximum absolute atomic E-state index is 13.4. The molecule has 1 fully saturated rings. The van der Waals surface area contributed by atoms with Gasteiger partial charge in [0.2, 0.25) is 5.91 Å². The zero-order valence-corrected chi connectivity index (χ0v) is 19.7. The Bertz CT molecular complexity index is 1290. The molecular weight excluding hydrogens is 425 g/mol. The van der Waals surface area contributed by atoms with Crippen molar-refractivity contribution in [1.82, 2.24) is 15.1 Å². The monoisotopic (exact) mass is 455 g/mol. The second-order valence-corrected chi connectivity index (χ2v) is 9.92. The van der Waals surface area contributed by atoms with E-state index in [2.05, 4.69) is 54.6 Å². The van der Waals surface area contributed by atoms with Crippen LogP contribution in [0.1, 0.15) is 50.2 Å². The largest absolute Gasteiger partial charge is 0.353 e. The summed E-state index contributed by atoms with van der Waals surface area (Å²) in [4.78, 5) is 13.4. The van der Waals surface area contributed by atoms with Crippen molar-refractivity contribution in [3.8, 4) is 5.69 Å². The van der Waals surface area contributed by atoms with Crippen LogP contribution < -0.4 is 5.32 Å². The van der Waals surface area contributed by atoms with Gasteiger partial charge in [-0.25, -0.2) is 9.07 Å². The van der Waals surface area contributed by atoms with Gasteiger partial charge in [0, 0.05) is 17.3 Å². The number of carbonyl (C=O) groups excluding carboxylic acids is 1. The van der Waals surface area contributed by atoms with Crippen molar-refractivity contribution in [2.45, 2.75) is 51.5 Å². The molecule has 1 aliphatic carbocycles. The van der Waals surface area contributed by atoms with Crippen LogP contribution in [0.5, 0.6) is 0 Å². The maximum atomic E-state index is 13.4.